The van der Waals surface area contributed by atoms with Crippen LogP contribution in [0.15, 0.2) is 0 Å². The molecule has 0 aliphatic carbocycles. The number of esters is 1. The van der Waals surface area contributed by atoms with Crippen LogP contribution in [0, 0.1) is 0 Å². The highest BCUT2D eigenvalue weighted by Crippen LogP contribution is 2.26. The highest BCUT2D eigenvalue weighted by Gasteiger charge is 2.43. The highest BCUT2D eigenvalue weighted by molar-refractivity contribution is 5.76. The van der Waals surface area contributed by atoms with Gasteiger partial charge in [-0.2, -0.15) is 0 Å². The maximum absolute atomic E-state index is 11.5. The van der Waals surface area contributed by atoms with Gasteiger partial charge in [0.25, 0.3) is 0 Å². The molecule has 1 rings (SSSR count). The second kappa shape index (κ2) is 4.28. The lowest BCUT2D eigenvalue weighted by molar-refractivity contribution is -0.228. The summed E-state index contributed by atoms with van der Waals surface area (Å²) in [5.41, 5.74) is -0.607. The van der Waals surface area contributed by atoms with Gasteiger partial charge in [0.1, 0.15) is 0 Å². The van der Waals surface area contributed by atoms with Gasteiger partial charge in [-0.3, -0.25) is 0 Å². The Morgan fingerprint density at radius 3 is 2.71 bits per heavy atom. The van der Waals surface area contributed by atoms with E-state index in [2.05, 4.69) is 0 Å². The number of ether oxygens (including phenoxy) is 3. The molecule has 1 heterocycles. The van der Waals surface area contributed by atoms with E-state index in [0.29, 0.717) is 13.2 Å². The zero-order valence-corrected chi connectivity index (χ0v) is 9.20. The molecule has 0 radical (unpaired) electrons. The number of rotatable bonds is 2. The van der Waals surface area contributed by atoms with E-state index in [1.54, 1.807) is 6.92 Å². The molecule has 4 nitrogen and oxygen atoms in total. The molecule has 0 aromatic rings. The molecular formula is C10H18O4. The van der Waals surface area contributed by atoms with E-state index in [0.717, 1.165) is 0 Å². The monoisotopic (exact) mass is 202 g/mol. The molecular weight excluding hydrogens is 184 g/mol. The predicted molar refractivity (Wildman–Crippen MR) is 51.0 cm³/mol. The third-order valence-electron chi connectivity index (χ3n) is 2.13. The van der Waals surface area contributed by atoms with E-state index < -0.39 is 11.7 Å². The fraction of sp³-hybridized carbons (Fsp3) is 0.900. The number of hydrogen-bond donors (Lipinski definition) is 0. The molecule has 82 valence electrons. The van der Waals surface area contributed by atoms with Crippen LogP contribution in [0.2, 0.25) is 0 Å². The van der Waals surface area contributed by atoms with Gasteiger partial charge in [-0.1, -0.05) is 0 Å². The summed E-state index contributed by atoms with van der Waals surface area (Å²) in [6.45, 7) is 8.17. The van der Waals surface area contributed by atoms with Crippen LogP contribution >= 0.6 is 0 Å². The van der Waals surface area contributed by atoms with Crippen molar-refractivity contribution in [2.75, 3.05) is 13.2 Å². The first-order valence-electron chi connectivity index (χ1n) is 4.93. The third-order valence-corrected chi connectivity index (χ3v) is 2.13. The van der Waals surface area contributed by atoms with Gasteiger partial charge in [-0.25, -0.2) is 4.79 Å². The molecule has 1 saturated heterocycles. The molecule has 14 heavy (non-hydrogen) atoms. The average molecular weight is 202 g/mol. The van der Waals surface area contributed by atoms with Crippen molar-refractivity contribution in [1.82, 2.24) is 0 Å². The highest BCUT2D eigenvalue weighted by atomic mass is 16.6. The lowest BCUT2D eigenvalue weighted by atomic mass is 9.99. The van der Waals surface area contributed by atoms with E-state index in [1.165, 1.54) is 0 Å². The van der Waals surface area contributed by atoms with Gasteiger partial charge < -0.3 is 14.2 Å². The summed E-state index contributed by atoms with van der Waals surface area (Å²) < 4.78 is 16.0. The molecule has 0 unspecified atom stereocenters. The Morgan fingerprint density at radius 2 is 2.21 bits per heavy atom. The molecule has 0 aromatic heterocycles. The summed E-state index contributed by atoms with van der Waals surface area (Å²) in [5, 5.41) is 0. The zero-order valence-electron chi connectivity index (χ0n) is 9.20. The summed E-state index contributed by atoms with van der Waals surface area (Å²) >= 11 is 0. The Labute approximate surface area is 84.5 Å². The van der Waals surface area contributed by atoms with Crippen molar-refractivity contribution < 1.29 is 19.0 Å². The molecule has 0 amide bonds. The summed E-state index contributed by atoms with van der Waals surface area (Å²) in [7, 11) is 0. The van der Waals surface area contributed by atoms with Gasteiger partial charge in [-0.05, 0) is 27.7 Å². The first-order chi connectivity index (χ1) is 6.47. The first-order valence-corrected chi connectivity index (χ1v) is 4.93. The fourth-order valence-electron chi connectivity index (χ4n) is 1.62. The molecule has 0 spiro atoms. The van der Waals surface area contributed by atoms with Crippen LogP contribution in [0.1, 0.15) is 27.7 Å². The van der Waals surface area contributed by atoms with Crippen molar-refractivity contribution in [1.29, 1.82) is 0 Å². The van der Waals surface area contributed by atoms with Gasteiger partial charge in [0.15, 0.2) is 6.10 Å². The normalized spacial score (nSPS) is 31.1. The predicted octanol–water partition coefficient (Wildman–Crippen LogP) is 1.13. The average Bonchev–Trinajstić information content (AvgIpc) is 2.01. The Kier molecular flexibility index (Phi) is 3.50. The van der Waals surface area contributed by atoms with Gasteiger partial charge in [0.05, 0.1) is 24.9 Å². The minimum atomic E-state index is -0.612. The van der Waals surface area contributed by atoms with Gasteiger partial charge in [0.2, 0.25) is 0 Å². The standard InChI is InChI=1S/C10H18O4/c1-5-12-9(11)8-10(3,4)14-7(2)6-13-8/h7-8H,5-6H2,1-4H3/t7-,8+/m1/s1. The third kappa shape index (κ3) is 2.45. The van der Waals surface area contributed by atoms with Crippen molar-refractivity contribution in [3.63, 3.8) is 0 Å². The molecule has 0 saturated carbocycles. The Hall–Kier alpha value is -0.610. The Bertz CT molecular complexity index is 212. The summed E-state index contributed by atoms with van der Waals surface area (Å²) in [5.74, 6) is -0.343. The Morgan fingerprint density at radius 1 is 1.57 bits per heavy atom. The molecule has 1 fully saturated rings. The van der Waals surface area contributed by atoms with E-state index >= 15 is 0 Å². The van der Waals surface area contributed by atoms with E-state index in [-0.39, 0.29) is 12.1 Å². The molecule has 0 bridgehead atoms. The largest absolute Gasteiger partial charge is 0.464 e. The fourth-order valence-corrected chi connectivity index (χ4v) is 1.62. The molecule has 0 N–H and O–H groups in total. The van der Waals surface area contributed by atoms with E-state index in [4.69, 9.17) is 14.2 Å². The van der Waals surface area contributed by atoms with Crippen LogP contribution in [0.25, 0.3) is 0 Å². The number of hydrogen-bond acceptors (Lipinski definition) is 4. The minimum Gasteiger partial charge on any atom is -0.464 e. The Balaban J connectivity index is 2.64. The van der Waals surface area contributed by atoms with Crippen LogP contribution in [0.4, 0.5) is 0 Å². The van der Waals surface area contributed by atoms with Crippen LogP contribution < -0.4 is 0 Å². The smallest absolute Gasteiger partial charge is 0.338 e. The maximum Gasteiger partial charge on any atom is 0.338 e. The van der Waals surface area contributed by atoms with Gasteiger partial charge in [0, 0.05) is 0 Å². The second-order valence-electron chi connectivity index (χ2n) is 4.00. The number of carbonyl (C=O) groups is 1. The van der Waals surface area contributed by atoms with Crippen LogP contribution in [0.5, 0.6) is 0 Å². The SMILES string of the molecule is CCOC(=O)[C@@H]1OC[C@@H](C)OC1(C)C. The van der Waals surface area contributed by atoms with Crippen molar-refractivity contribution >= 4 is 5.97 Å². The topological polar surface area (TPSA) is 44.8 Å². The van der Waals surface area contributed by atoms with Crippen molar-refractivity contribution in [2.24, 2.45) is 0 Å². The quantitative estimate of drug-likeness (QED) is 0.630. The lowest BCUT2D eigenvalue weighted by Crippen LogP contribution is -2.53. The molecule has 1 aliphatic rings. The summed E-state index contributed by atoms with van der Waals surface area (Å²) in [6.07, 6.45) is -0.589. The first kappa shape index (κ1) is 11.5. The van der Waals surface area contributed by atoms with Crippen LogP contribution in [0.3, 0.4) is 0 Å². The maximum atomic E-state index is 11.5. The summed E-state index contributed by atoms with van der Waals surface area (Å²) in [6, 6.07) is 0. The minimum absolute atomic E-state index is 0.0238. The van der Waals surface area contributed by atoms with Crippen molar-refractivity contribution in [3.8, 4) is 0 Å². The molecule has 0 aromatic carbocycles. The van der Waals surface area contributed by atoms with E-state index in [1.807, 2.05) is 20.8 Å². The van der Waals surface area contributed by atoms with Crippen LogP contribution in [-0.2, 0) is 19.0 Å². The number of carbonyl (C=O) groups excluding carboxylic acids is 1. The van der Waals surface area contributed by atoms with Crippen LogP contribution in [-0.4, -0.2) is 37.0 Å². The molecule has 1 aliphatic heterocycles. The molecule has 2 atom stereocenters. The second-order valence-corrected chi connectivity index (χ2v) is 4.00. The summed E-state index contributed by atoms with van der Waals surface area (Å²) in [4.78, 5) is 11.5. The van der Waals surface area contributed by atoms with E-state index in [9.17, 15) is 4.79 Å². The molecule has 4 heteroatoms. The van der Waals surface area contributed by atoms with Crippen molar-refractivity contribution in [3.05, 3.63) is 0 Å². The lowest BCUT2D eigenvalue weighted by Gasteiger charge is -2.39. The van der Waals surface area contributed by atoms with Gasteiger partial charge >= 0.3 is 5.97 Å². The zero-order chi connectivity index (χ0) is 10.8. The van der Waals surface area contributed by atoms with Gasteiger partial charge in [-0.15, -0.1) is 0 Å². The van der Waals surface area contributed by atoms with Crippen molar-refractivity contribution in [2.45, 2.75) is 45.5 Å².